The van der Waals surface area contributed by atoms with E-state index in [9.17, 15) is 0 Å². The number of likely N-dealkylation sites (tertiary alicyclic amines) is 1. The Morgan fingerprint density at radius 3 is 2.79 bits per heavy atom. The summed E-state index contributed by atoms with van der Waals surface area (Å²) in [7, 11) is 2.20. The number of ether oxygens (including phenoxy) is 1. The topological polar surface area (TPSA) is 24.5 Å². The van der Waals surface area contributed by atoms with E-state index in [0.29, 0.717) is 5.92 Å². The van der Waals surface area contributed by atoms with Gasteiger partial charge in [-0.15, -0.1) is 0 Å². The molecule has 2 heterocycles. The Labute approximate surface area is 86.8 Å². The third kappa shape index (κ3) is 2.27. The number of piperidine rings is 1. The number of rotatable bonds is 1. The summed E-state index contributed by atoms with van der Waals surface area (Å²) in [4.78, 5) is 2.41. The van der Waals surface area contributed by atoms with Gasteiger partial charge in [-0.05, 0) is 40.3 Å². The molecule has 0 aromatic heterocycles. The first kappa shape index (κ1) is 10.4. The summed E-state index contributed by atoms with van der Waals surface area (Å²) in [5, 5.41) is 3.57. The summed E-state index contributed by atoms with van der Waals surface area (Å²) < 4.78 is 5.82. The van der Waals surface area contributed by atoms with E-state index >= 15 is 0 Å². The molecule has 2 aliphatic rings. The third-order valence-corrected chi connectivity index (χ3v) is 3.25. The first-order chi connectivity index (χ1) is 6.57. The predicted octanol–water partition coefficient (Wildman–Crippen LogP) is 1.05. The van der Waals surface area contributed by atoms with Gasteiger partial charge in [-0.3, -0.25) is 5.32 Å². The SMILES string of the molecule is CN1CCCC(C2NC(C)(C)CO2)C1. The van der Waals surface area contributed by atoms with Crippen LogP contribution in [0.25, 0.3) is 0 Å². The van der Waals surface area contributed by atoms with Crippen LogP contribution in [0.15, 0.2) is 0 Å². The van der Waals surface area contributed by atoms with Crippen molar-refractivity contribution in [1.82, 2.24) is 10.2 Å². The Morgan fingerprint density at radius 2 is 2.21 bits per heavy atom. The van der Waals surface area contributed by atoms with Gasteiger partial charge in [0.1, 0.15) is 6.23 Å². The Morgan fingerprint density at radius 1 is 1.43 bits per heavy atom. The van der Waals surface area contributed by atoms with Crippen LogP contribution in [-0.2, 0) is 4.74 Å². The summed E-state index contributed by atoms with van der Waals surface area (Å²) in [6.45, 7) is 7.68. The van der Waals surface area contributed by atoms with Gasteiger partial charge in [-0.1, -0.05) is 0 Å². The lowest BCUT2D eigenvalue weighted by atomic mass is 9.96. The predicted molar refractivity (Wildman–Crippen MR) is 57.2 cm³/mol. The second kappa shape index (κ2) is 3.80. The van der Waals surface area contributed by atoms with Crippen LogP contribution in [0.1, 0.15) is 26.7 Å². The van der Waals surface area contributed by atoms with Crippen molar-refractivity contribution in [3.05, 3.63) is 0 Å². The molecule has 0 bridgehead atoms. The van der Waals surface area contributed by atoms with Crippen LogP contribution in [0.5, 0.6) is 0 Å². The molecule has 3 heteroatoms. The van der Waals surface area contributed by atoms with Crippen molar-refractivity contribution >= 4 is 0 Å². The zero-order chi connectivity index (χ0) is 10.2. The van der Waals surface area contributed by atoms with E-state index in [4.69, 9.17) is 4.74 Å². The Kier molecular flexibility index (Phi) is 2.82. The maximum atomic E-state index is 5.82. The fourth-order valence-corrected chi connectivity index (χ4v) is 2.47. The average molecular weight is 198 g/mol. The Hall–Kier alpha value is -0.120. The summed E-state index contributed by atoms with van der Waals surface area (Å²) in [6, 6.07) is 0. The second-order valence-electron chi connectivity index (χ2n) is 5.42. The molecule has 2 saturated heterocycles. The van der Waals surface area contributed by atoms with Crippen molar-refractivity contribution in [2.75, 3.05) is 26.7 Å². The van der Waals surface area contributed by atoms with Crippen LogP contribution < -0.4 is 5.32 Å². The van der Waals surface area contributed by atoms with Crippen molar-refractivity contribution in [1.29, 1.82) is 0 Å². The first-order valence-electron chi connectivity index (χ1n) is 5.65. The molecule has 2 rings (SSSR count). The molecule has 14 heavy (non-hydrogen) atoms. The number of nitrogens with one attached hydrogen (secondary N) is 1. The lowest BCUT2D eigenvalue weighted by molar-refractivity contribution is 0.0211. The molecule has 0 aromatic rings. The molecule has 0 spiro atoms. The molecule has 1 N–H and O–H groups in total. The molecule has 2 atom stereocenters. The van der Waals surface area contributed by atoms with Gasteiger partial charge in [0, 0.05) is 18.0 Å². The van der Waals surface area contributed by atoms with E-state index in [2.05, 4.69) is 31.1 Å². The van der Waals surface area contributed by atoms with Crippen molar-refractivity contribution in [3.8, 4) is 0 Å². The second-order valence-corrected chi connectivity index (χ2v) is 5.42. The summed E-state index contributed by atoms with van der Waals surface area (Å²) in [6.07, 6.45) is 2.90. The standard InChI is InChI=1S/C11H22N2O/c1-11(2)8-14-10(12-11)9-5-4-6-13(3)7-9/h9-10,12H,4-8H2,1-3H3. The lowest BCUT2D eigenvalue weighted by Crippen LogP contribution is -2.46. The minimum absolute atomic E-state index is 0.167. The van der Waals surface area contributed by atoms with Gasteiger partial charge in [0.2, 0.25) is 0 Å². The van der Waals surface area contributed by atoms with Gasteiger partial charge in [-0.25, -0.2) is 0 Å². The molecule has 0 aliphatic carbocycles. The summed E-state index contributed by atoms with van der Waals surface area (Å²) in [5.74, 6) is 0.676. The normalized spacial score (nSPS) is 38.8. The quantitative estimate of drug-likeness (QED) is 0.681. The van der Waals surface area contributed by atoms with Crippen LogP contribution >= 0.6 is 0 Å². The fourth-order valence-electron chi connectivity index (χ4n) is 2.47. The molecule has 82 valence electrons. The van der Waals surface area contributed by atoms with E-state index in [-0.39, 0.29) is 11.8 Å². The van der Waals surface area contributed by atoms with Crippen molar-refractivity contribution in [2.45, 2.75) is 38.5 Å². The monoisotopic (exact) mass is 198 g/mol. The highest BCUT2D eigenvalue weighted by atomic mass is 16.5. The van der Waals surface area contributed by atoms with Gasteiger partial charge in [0.25, 0.3) is 0 Å². The number of hydrogen-bond donors (Lipinski definition) is 1. The van der Waals surface area contributed by atoms with Crippen molar-refractivity contribution < 1.29 is 4.74 Å². The summed E-state index contributed by atoms with van der Waals surface area (Å²) >= 11 is 0. The average Bonchev–Trinajstić information content (AvgIpc) is 2.46. The van der Waals surface area contributed by atoms with Gasteiger partial charge >= 0.3 is 0 Å². The maximum Gasteiger partial charge on any atom is 0.112 e. The smallest absolute Gasteiger partial charge is 0.112 e. The highest BCUT2D eigenvalue weighted by Crippen LogP contribution is 2.25. The molecule has 0 radical (unpaired) electrons. The maximum absolute atomic E-state index is 5.82. The first-order valence-corrected chi connectivity index (χ1v) is 5.65. The fraction of sp³-hybridized carbons (Fsp3) is 1.00. The van der Waals surface area contributed by atoms with E-state index in [1.807, 2.05) is 0 Å². The van der Waals surface area contributed by atoms with E-state index in [1.165, 1.54) is 25.9 Å². The van der Waals surface area contributed by atoms with Crippen molar-refractivity contribution in [3.63, 3.8) is 0 Å². The Balaban J connectivity index is 1.89. The minimum Gasteiger partial charge on any atom is -0.361 e. The molecule has 2 aliphatic heterocycles. The van der Waals surface area contributed by atoms with Crippen molar-refractivity contribution in [2.24, 2.45) is 5.92 Å². The van der Waals surface area contributed by atoms with E-state index in [1.54, 1.807) is 0 Å². The van der Waals surface area contributed by atoms with Gasteiger partial charge in [0.15, 0.2) is 0 Å². The molecule has 0 amide bonds. The van der Waals surface area contributed by atoms with Gasteiger partial charge in [0.05, 0.1) is 6.61 Å². The Bertz CT molecular complexity index is 205. The van der Waals surface area contributed by atoms with Crippen LogP contribution in [0.2, 0.25) is 0 Å². The van der Waals surface area contributed by atoms with E-state index < -0.39 is 0 Å². The zero-order valence-electron chi connectivity index (χ0n) is 9.55. The van der Waals surface area contributed by atoms with E-state index in [0.717, 1.165) is 6.61 Å². The van der Waals surface area contributed by atoms with Crippen LogP contribution in [0.4, 0.5) is 0 Å². The molecule has 2 unspecified atom stereocenters. The largest absolute Gasteiger partial charge is 0.361 e. The van der Waals surface area contributed by atoms with Gasteiger partial charge < -0.3 is 9.64 Å². The molecule has 0 aromatic carbocycles. The van der Waals surface area contributed by atoms with Crippen LogP contribution in [-0.4, -0.2) is 43.4 Å². The lowest BCUT2D eigenvalue weighted by Gasteiger charge is -2.33. The minimum atomic E-state index is 0.167. The van der Waals surface area contributed by atoms with Gasteiger partial charge in [-0.2, -0.15) is 0 Å². The van der Waals surface area contributed by atoms with Crippen LogP contribution in [0.3, 0.4) is 0 Å². The molecule has 2 fully saturated rings. The molecular formula is C11H22N2O. The third-order valence-electron chi connectivity index (χ3n) is 3.25. The molecule has 3 nitrogen and oxygen atoms in total. The summed E-state index contributed by atoms with van der Waals surface area (Å²) in [5.41, 5.74) is 0.167. The highest BCUT2D eigenvalue weighted by Gasteiger charge is 2.36. The number of nitrogens with zero attached hydrogens (tertiary/aromatic N) is 1. The highest BCUT2D eigenvalue weighted by molar-refractivity contribution is 4.89. The zero-order valence-corrected chi connectivity index (χ0v) is 9.55. The van der Waals surface area contributed by atoms with Crippen LogP contribution in [0, 0.1) is 5.92 Å². The molecular weight excluding hydrogens is 176 g/mol. The molecule has 0 saturated carbocycles. The number of hydrogen-bond acceptors (Lipinski definition) is 3.